The molecular weight excluding hydrogens is 707 g/mol. The monoisotopic (exact) mass is 751 g/mol. The van der Waals surface area contributed by atoms with Crippen LogP contribution in [0.2, 0.25) is 0 Å². The van der Waals surface area contributed by atoms with E-state index in [1.807, 2.05) is 112 Å². The lowest BCUT2D eigenvalue weighted by Gasteiger charge is -2.21. The summed E-state index contributed by atoms with van der Waals surface area (Å²) in [7, 11) is 0. The summed E-state index contributed by atoms with van der Waals surface area (Å²) in [6.07, 6.45) is 8.34. The van der Waals surface area contributed by atoms with Crippen LogP contribution in [-0.4, -0.2) is 54.5 Å². The predicted octanol–water partition coefficient (Wildman–Crippen LogP) is 7.90. The minimum absolute atomic E-state index is 0.192. The van der Waals surface area contributed by atoms with Crippen LogP contribution in [0.25, 0.3) is 10.8 Å². The number of hydrogen-bond acceptors (Lipinski definition) is 10. The highest BCUT2D eigenvalue weighted by atomic mass is 16.5. The highest BCUT2D eigenvalue weighted by Crippen LogP contribution is 2.32. The van der Waals surface area contributed by atoms with Gasteiger partial charge in [-0.2, -0.15) is 0 Å². The van der Waals surface area contributed by atoms with Gasteiger partial charge in [0.25, 0.3) is 5.91 Å². The lowest BCUT2D eigenvalue weighted by atomic mass is 9.88. The normalized spacial score (nSPS) is 11.6. The van der Waals surface area contributed by atoms with E-state index in [2.05, 4.69) is 46.2 Å². The zero-order chi connectivity index (χ0) is 39.7. The molecule has 0 spiro atoms. The molecule has 3 amide bonds. The van der Waals surface area contributed by atoms with E-state index < -0.39 is 6.03 Å². The number of benzene rings is 3. The van der Waals surface area contributed by atoms with Crippen molar-refractivity contribution in [1.82, 2.24) is 35.1 Å². The average molecular weight is 752 g/mol. The number of amidine groups is 1. The number of rotatable bonds is 13. The maximum atomic E-state index is 13.4. The zero-order valence-electron chi connectivity index (χ0n) is 32.1. The number of hydrogen-bond donors (Lipinski definition) is 5. The summed E-state index contributed by atoms with van der Waals surface area (Å²) in [5, 5.41) is 22.0. The van der Waals surface area contributed by atoms with Gasteiger partial charge < -0.3 is 30.7 Å². The molecule has 56 heavy (non-hydrogen) atoms. The van der Waals surface area contributed by atoms with E-state index in [1.54, 1.807) is 18.5 Å². The summed E-state index contributed by atoms with van der Waals surface area (Å²) >= 11 is 0. The molecule has 0 aliphatic heterocycles. The van der Waals surface area contributed by atoms with Gasteiger partial charge in [0, 0.05) is 54.6 Å². The first kappa shape index (κ1) is 38.8. The van der Waals surface area contributed by atoms with Crippen molar-refractivity contribution in [2.24, 2.45) is 10.4 Å². The molecule has 14 nitrogen and oxygen atoms in total. The molecule has 5 N–H and O–H groups in total. The number of amides is 3. The topological polar surface area (TPSA) is 184 Å². The first-order chi connectivity index (χ1) is 26.9. The molecule has 0 radical (unpaired) electrons. The fourth-order valence-corrected chi connectivity index (χ4v) is 5.57. The molecule has 6 aromatic rings. The van der Waals surface area contributed by atoms with E-state index >= 15 is 0 Å². The minimum atomic E-state index is -0.465. The molecule has 286 valence electrons. The lowest BCUT2D eigenvalue weighted by molar-refractivity contribution is 0.0947. The average Bonchev–Trinajstić information content (AvgIpc) is 3.59. The maximum Gasteiger partial charge on any atom is 0.324 e. The Balaban J connectivity index is 1.07. The molecule has 0 saturated heterocycles. The summed E-state index contributed by atoms with van der Waals surface area (Å²) in [6, 6.07) is 22.2. The second-order valence-corrected chi connectivity index (χ2v) is 14.2. The van der Waals surface area contributed by atoms with Crippen molar-refractivity contribution in [2.75, 3.05) is 17.2 Å². The van der Waals surface area contributed by atoms with Gasteiger partial charge in [-0.25, -0.2) is 29.7 Å². The fourth-order valence-electron chi connectivity index (χ4n) is 5.57. The molecule has 0 saturated carbocycles. The Morgan fingerprint density at radius 3 is 2.38 bits per heavy atom. The molecule has 0 bridgehead atoms. The number of nitrogens with zero attached hydrogens (tertiary/aromatic N) is 6. The van der Waals surface area contributed by atoms with Gasteiger partial charge in [-0.1, -0.05) is 62.7 Å². The number of carbonyl (C=O) groups excluding carboxylic acids is 2. The van der Waals surface area contributed by atoms with E-state index in [0.29, 0.717) is 53.4 Å². The first-order valence-corrected chi connectivity index (χ1v) is 18.2. The van der Waals surface area contributed by atoms with Crippen molar-refractivity contribution >= 4 is 57.3 Å². The first-order valence-electron chi connectivity index (χ1n) is 18.2. The predicted molar refractivity (Wildman–Crippen MR) is 219 cm³/mol. The van der Waals surface area contributed by atoms with E-state index in [9.17, 15) is 9.59 Å². The fraction of sp³-hybridized carbons (Fsp3) is 0.238. The summed E-state index contributed by atoms with van der Waals surface area (Å²) in [6.45, 7) is 11.1. The summed E-state index contributed by atoms with van der Waals surface area (Å²) in [5.74, 6) is 2.54. The van der Waals surface area contributed by atoms with Gasteiger partial charge in [0.15, 0.2) is 0 Å². The number of carbonyl (C=O) groups is 2. The number of aryl methyl sites for hydroxylation is 2. The molecule has 6 rings (SSSR count). The van der Waals surface area contributed by atoms with Crippen LogP contribution in [0.1, 0.15) is 54.6 Å². The largest absolute Gasteiger partial charge is 0.488 e. The number of pyridine rings is 1. The van der Waals surface area contributed by atoms with Gasteiger partial charge in [0.05, 0.1) is 23.8 Å². The van der Waals surface area contributed by atoms with Crippen molar-refractivity contribution in [1.29, 1.82) is 5.41 Å². The molecule has 0 fully saturated rings. The summed E-state index contributed by atoms with van der Waals surface area (Å²) < 4.78 is 8.24. The molecule has 3 heterocycles. The molecule has 14 heteroatoms. The Hall–Kier alpha value is -6.96. The van der Waals surface area contributed by atoms with Gasteiger partial charge >= 0.3 is 6.03 Å². The van der Waals surface area contributed by atoms with Gasteiger partial charge in [-0.05, 0) is 61.2 Å². The van der Waals surface area contributed by atoms with Crippen LogP contribution in [0.15, 0.2) is 109 Å². The highest BCUT2D eigenvalue weighted by molar-refractivity contribution is 6.13. The Labute approximate surface area is 325 Å². The molecule has 0 atom stereocenters. The zero-order valence-corrected chi connectivity index (χ0v) is 32.1. The van der Waals surface area contributed by atoms with Crippen LogP contribution < -0.4 is 26.0 Å². The number of aromatic nitrogens is 5. The van der Waals surface area contributed by atoms with Crippen LogP contribution >= 0.6 is 0 Å². The number of fused-ring (bicyclic) bond motifs is 1. The van der Waals surface area contributed by atoms with E-state index in [-0.39, 0.29) is 30.0 Å². The Bertz CT molecular complexity index is 2360. The van der Waals surface area contributed by atoms with Crippen molar-refractivity contribution in [2.45, 2.75) is 54.2 Å². The number of aliphatic imine (C=N–C) groups is 1. The SMILES string of the molecule is Cc1ccc(N=C(CC(=N)C(C)(C)C)NC(=O)Nc2ccc(OCc3ccnc(Nc4cnc(C(=O)NCCn5ccnc5C)cn4)c3)c3ccccc23)cc1. The van der Waals surface area contributed by atoms with E-state index in [4.69, 9.17) is 10.1 Å². The number of imidazole rings is 1. The van der Waals surface area contributed by atoms with Crippen molar-refractivity contribution < 1.29 is 14.3 Å². The summed E-state index contributed by atoms with van der Waals surface area (Å²) in [5.41, 5.74) is 3.51. The van der Waals surface area contributed by atoms with E-state index in [1.165, 1.54) is 12.4 Å². The van der Waals surface area contributed by atoms with Crippen LogP contribution in [-0.2, 0) is 13.2 Å². The highest BCUT2D eigenvalue weighted by Gasteiger charge is 2.21. The molecular formula is C42H45N11O3. The lowest BCUT2D eigenvalue weighted by Crippen LogP contribution is -2.37. The Morgan fingerprint density at radius 2 is 1.66 bits per heavy atom. The third-order valence-corrected chi connectivity index (χ3v) is 8.86. The number of nitrogens with one attached hydrogen (secondary N) is 5. The molecule has 0 unspecified atom stereocenters. The van der Waals surface area contributed by atoms with Crippen molar-refractivity contribution in [3.63, 3.8) is 0 Å². The van der Waals surface area contributed by atoms with Gasteiger partial charge in [0.2, 0.25) is 0 Å². The maximum absolute atomic E-state index is 13.4. The Kier molecular flexibility index (Phi) is 12.1. The smallest absolute Gasteiger partial charge is 0.324 e. The summed E-state index contributed by atoms with van der Waals surface area (Å²) in [4.78, 5) is 47.8. The standard InChI is InChI=1S/C42H45N11O3/c1-27-10-12-30(13-11-27)49-38(23-36(43)42(3,4)5)52-41(55)50-33-14-15-35(32-9-7-6-8-31(32)33)56-26-29-16-17-45-37(22-29)51-39-25-47-34(24-48-39)40(54)46-19-21-53-20-18-44-28(53)2/h6-18,20,22,24-25,43H,19,21,23,26H2,1-5H3,(H,46,54)(H,45,48,51)(H2,49,50,52,55). The Morgan fingerprint density at radius 1 is 0.875 bits per heavy atom. The number of ether oxygens (including phenoxy) is 1. The van der Waals surface area contributed by atoms with Crippen LogP contribution in [0.5, 0.6) is 5.75 Å². The van der Waals surface area contributed by atoms with Gasteiger partial charge in [-0.15, -0.1) is 0 Å². The minimum Gasteiger partial charge on any atom is -0.488 e. The van der Waals surface area contributed by atoms with Crippen LogP contribution in [0.3, 0.4) is 0 Å². The second kappa shape index (κ2) is 17.5. The number of urea groups is 1. The van der Waals surface area contributed by atoms with Crippen LogP contribution in [0, 0.1) is 24.7 Å². The molecule has 3 aromatic heterocycles. The quantitative estimate of drug-likeness (QED) is 0.0583. The molecule has 3 aromatic carbocycles. The molecule has 0 aliphatic rings. The third kappa shape index (κ3) is 10.4. The second-order valence-electron chi connectivity index (χ2n) is 14.2. The van der Waals surface area contributed by atoms with Crippen molar-refractivity contribution in [3.05, 3.63) is 126 Å². The molecule has 0 aliphatic carbocycles. The van der Waals surface area contributed by atoms with Crippen LogP contribution in [0.4, 0.5) is 27.8 Å². The van der Waals surface area contributed by atoms with Gasteiger partial charge in [-0.3, -0.25) is 10.1 Å². The number of anilines is 3. The van der Waals surface area contributed by atoms with Gasteiger partial charge in [0.1, 0.15) is 41.3 Å². The van der Waals surface area contributed by atoms with E-state index in [0.717, 1.165) is 27.7 Å². The van der Waals surface area contributed by atoms with Crippen molar-refractivity contribution in [3.8, 4) is 5.75 Å². The third-order valence-electron chi connectivity index (χ3n) is 8.86.